The minimum absolute atomic E-state index is 0.190. The van der Waals surface area contributed by atoms with E-state index in [0.717, 1.165) is 22.0 Å². The van der Waals surface area contributed by atoms with Crippen LogP contribution in [0.4, 0.5) is 13.2 Å². The summed E-state index contributed by atoms with van der Waals surface area (Å²) in [6, 6.07) is 22.3. The van der Waals surface area contributed by atoms with E-state index in [4.69, 9.17) is 0 Å². The van der Waals surface area contributed by atoms with Gasteiger partial charge in [-0.25, -0.2) is 0 Å². The average Bonchev–Trinajstić information content (AvgIpc) is 3.24. The Labute approximate surface area is 201 Å². The fourth-order valence-electron chi connectivity index (χ4n) is 4.01. The number of aromatic nitrogens is 1. The van der Waals surface area contributed by atoms with E-state index in [2.05, 4.69) is 20.4 Å². The minimum atomic E-state index is -4.77. The maximum absolute atomic E-state index is 13.3. The molecule has 1 aromatic heterocycles. The van der Waals surface area contributed by atoms with Gasteiger partial charge in [-0.15, -0.1) is 13.2 Å². The molecule has 5 nitrogen and oxygen atoms in total. The number of hydrogen-bond donors (Lipinski definition) is 3. The summed E-state index contributed by atoms with van der Waals surface area (Å²) in [5.74, 6) is -0.499. The summed E-state index contributed by atoms with van der Waals surface area (Å²) >= 11 is 0. The molecule has 4 aromatic rings. The molecule has 0 saturated heterocycles. The number of fused-ring (bicyclic) bond motifs is 1. The zero-order chi connectivity index (χ0) is 24.8. The van der Waals surface area contributed by atoms with Crippen LogP contribution in [-0.4, -0.2) is 23.3 Å². The molecule has 0 bridgehead atoms. The predicted molar refractivity (Wildman–Crippen MR) is 129 cm³/mol. The summed E-state index contributed by atoms with van der Waals surface area (Å²) in [6.45, 7) is 2.10. The summed E-state index contributed by atoms with van der Waals surface area (Å²) in [5.41, 5.74) is 3.48. The van der Waals surface area contributed by atoms with Crippen molar-refractivity contribution in [1.82, 2.24) is 15.6 Å². The van der Waals surface area contributed by atoms with Crippen molar-refractivity contribution >= 4 is 16.8 Å². The van der Waals surface area contributed by atoms with Crippen molar-refractivity contribution in [3.05, 3.63) is 102 Å². The van der Waals surface area contributed by atoms with Crippen LogP contribution in [0.15, 0.2) is 85.1 Å². The first-order valence-corrected chi connectivity index (χ1v) is 11.3. The number of benzene rings is 3. The molecule has 8 heteroatoms. The van der Waals surface area contributed by atoms with Gasteiger partial charge >= 0.3 is 6.36 Å². The van der Waals surface area contributed by atoms with Crippen molar-refractivity contribution in [3.8, 4) is 5.75 Å². The zero-order valence-corrected chi connectivity index (χ0v) is 19.1. The molecule has 0 fully saturated rings. The topological polar surface area (TPSA) is 66.2 Å². The van der Waals surface area contributed by atoms with E-state index in [1.807, 2.05) is 67.7 Å². The average molecular weight is 482 g/mol. The van der Waals surface area contributed by atoms with Gasteiger partial charge in [0.05, 0.1) is 12.1 Å². The van der Waals surface area contributed by atoms with E-state index >= 15 is 0 Å². The largest absolute Gasteiger partial charge is 0.573 e. The molecule has 35 heavy (non-hydrogen) atoms. The number of hydrogen-bond acceptors (Lipinski definition) is 3. The molecule has 0 saturated carbocycles. The van der Waals surface area contributed by atoms with Crippen LogP contribution in [-0.2, 0) is 17.8 Å². The molecule has 0 aliphatic heterocycles. The van der Waals surface area contributed by atoms with Gasteiger partial charge in [0.1, 0.15) is 5.75 Å². The number of carbonyl (C=O) groups is 1. The highest BCUT2D eigenvalue weighted by Gasteiger charge is 2.31. The summed E-state index contributed by atoms with van der Waals surface area (Å²) in [7, 11) is 0. The Morgan fingerprint density at radius 1 is 1.00 bits per heavy atom. The van der Waals surface area contributed by atoms with E-state index in [0.29, 0.717) is 12.0 Å². The molecule has 3 N–H and O–H groups in total. The van der Waals surface area contributed by atoms with Gasteiger partial charge in [-0.3, -0.25) is 4.79 Å². The third-order valence-corrected chi connectivity index (χ3v) is 5.76. The number of H-pyrrole nitrogens is 1. The van der Waals surface area contributed by atoms with E-state index in [1.54, 1.807) is 6.07 Å². The first-order chi connectivity index (χ1) is 16.8. The Balaban J connectivity index is 1.52. The van der Waals surface area contributed by atoms with Crippen LogP contribution in [0, 0.1) is 0 Å². The van der Waals surface area contributed by atoms with Gasteiger partial charge < -0.3 is 20.4 Å². The van der Waals surface area contributed by atoms with Gasteiger partial charge in [-0.1, -0.05) is 60.7 Å². The normalized spacial score (nSPS) is 13.4. The summed E-state index contributed by atoms with van der Waals surface area (Å²) in [5, 5.41) is 7.29. The van der Waals surface area contributed by atoms with Crippen LogP contribution < -0.4 is 15.4 Å². The van der Waals surface area contributed by atoms with Crippen molar-refractivity contribution in [1.29, 1.82) is 0 Å². The Hall–Kier alpha value is -3.78. The molecule has 3 aromatic carbocycles. The van der Waals surface area contributed by atoms with E-state index in [-0.39, 0.29) is 24.2 Å². The fraction of sp³-hybridized carbons (Fsp3) is 0.222. The molecule has 1 heterocycles. The highest BCUT2D eigenvalue weighted by Crippen LogP contribution is 2.24. The Morgan fingerprint density at radius 2 is 1.74 bits per heavy atom. The first-order valence-electron chi connectivity index (χ1n) is 11.3. The smallest absolute Gasteiger partial charge is 0.406 e. The number of aromatic amines is 1. The van der Waals surface area contributed by atoms with Crippen LogP contribution in [0.3, 0.4) is 0 Å². The van der Waals surface area contributed by atoms with Crippen LogP contribution in [0.25, 0.3) is 10.9 Å². The highest BCUT2D eigenvalue weighted by atomic mass is 19.4. The minimum Gasteiger partial charge on any atom is -0.406 e. The highest BCUT2D eigenvalue weighted by molar-refractivity contribution is 5.86. The van der Waals surface area contributed by atoms with E-state index < -0.39 is 12.4 Å². The zero-order valence-electron chi connectivity index (χ0n) is 19.1. The number of carbonyl (C=O) groups excluding carboxylic acids is 1. The van der Waals surface area contributed by atoms with Crippen LogP contribution in [0.1, 0.15) is 29.7 Å². The third kappa shape index (κ3) is 6.64. The third-order valence-electron chi connectivity index (χ3n) is 5.76. The Kier molecular flexibility index (Phi) is 7.41. The Bertz CT molecular complexity index is 1270. The SMILES string of the molecule is C[C@H](NC(=O)[C@@H](Cc1c[nH]c2ccccc12)NCc1cccc(OC(F)(F)F)c1)c1ccccc1. The van der Waals surface area contributed by atoms with E-state index in [1.165, 1.54) is 18.2 Å². The molecule has 0 aliphatic rings. The number of alkyl halides is 3. The lowest BCUT2D eigenvalue weighted by Gasteiger charge is -2.22. The number of nitrogens with one attached hydrogen (secondary N) is 3. The van der Waals surface area contributed by atoms with Crippen LogP contribution >= 0.6 is 0 Å². The molecule has 4 rings (SSSR count). The first kappa shape index (κ1) is 24.3. The number of halogens is 3. The maximum atomic E-state index is 13.3. The van der Waals surface area contributed by atoms with E-state index in [9.17, 15) is 18.0 Å². The van der Waals surface area contributed by atoms with Gasteiger partial charge in [0.2, 0.25) is 5.91 Å². The molecule has 1 amide bonds. The molecule has 182 valence electrons. The van der Waals surface area contributed by atoms with Gasteiger partial charge in [-0.2, -0.15) is 0 Å². The van der Waals surface area contributed by atoms with Gasteiger partial charge in [0.25, 0.3) is 0 Å². The van der Waals surface area contributed by atoms with Crippen molar-refractivity contribution < 1.29 is 22.7 Å². The fourth-order valence-corrected chi connectivity index (χ4v) is 4.01. The van der Waals surface area contributed by atoms with Crippen molar-refractivity contribution in [2.45, 2.75) is 38.3 Å². The van der Waals surface area contributed by atoms with Crippen molar-refractivity contribution in [2.24, 2.45) is 0 Å². The standard InChI is InChI=1S/C27H26F3N3O2/c1-18(20-9-3-2-4-10-20)33-26(34)25(15-21-17-32-24-13-6-5-12-23(21)24)31-16-19-8-7-11-22(14-19)35-27(28,29)30/h2-14,17-18,25,31-32H,15-16H2,1H3,(H,33,34)/t18-,25+/m0/s1. The van der Waals surface area contributed by atoms with Gasteiger partial charge in [0.15, 0.2) is 0 Å². The van der Waals surface area contributed by atoms with Crippen LogP contribution in [0.2, 0.25) is 0 Å². The summed E-state index contributed by atoms with van der Waals surface area (Å²) < 4.78 is 41.8. The second-order valence-corrected chi connectivity index (χ2v) is 8.33. The quantitative estimate of drug-likeness (QED) is 0.290. The summed E-state index contributed by atoms with van der Waals surface area (Å²) in [6.07, 6.45) is -2.49. The van der Waals surface area contributed by atoms with Crippen LogP contribution in [0.5, 0.6) is 5.75 Å². The molecular formula is C27H26F3N3O2. The lowest BCUT2D eigenvalue weighted by Crippen LogP contribution is -2.46. The number of para-hydroxylation sites is 1. The molecule has 0 spiro atoms. The second-order valence-electron chi connectivity index (χ2n) is 8.33. The van der Waals surface area contributed by atoms with Gasteiger partial charge in [-0.05, 0) is 48.2 Å². The summed E-state index contributed by atoms with van der Waals surface area (Å²) in [4.78, 5) is 16.5. The second kappa shape index (κ2) is 10.7. The number of amides is 1. The maximum Gasteiger partial charge on any atom is 0.573 e. The number of rotatable bonds is 9. The molecular weight excluding hydrogens is 455 g/mol. The van der Waals surface area contributed by atoms with Crippen molar-refractivity contribution in [2.75, 3.05) is 0 Å². The molecule has 0 radical (unpaired) electrons. The lowest BCUT2D eigenvalue weighted by atomic mass is 10.0. The van der Waals surface area contributed by atoms with Gasteiger partial charge in [0, 0.05) is 23.6 Å². The molecule has 0 aliphatic carbocycles. The Morgan fingerprint density at radius 3 is 2.51 bits per heavy atom. The van der Waals surface area contributed by atoms with Crippen molar-refractivity contribution in [3.63, 3.8) is 0 Å². The number of ether oxygens (including phenoxy) is 1. The monoisotopic (exact) mass is 481 g/mol. The predicted octanol–water partition coefficient (Wildman–Crippen LogP) is 5.64. The molecule has 0 unspecified atom stereocenters. The molecule has 2 atom stereocenters. The lowest BCUT2D eigenvalue weighted by molar-refractivity contribution is -0.274.